The molecule has 0 saturated heterocycles. The number of halogens is 4. The molecular formula is C7H4Br2Cl2O2S. The Morgan fingerprint density at radius 1 is 1.07 bits per heavy atom. The molecule has 1 aromatic rings. The molecule has 0 spiro atoms. The van der Waals surface area contributed by atoms with Gasteiger partial charge in [0.15, 0.2) is 15.8 Å². The van der Waals surface area contributed by atoms with E-state index < -0.39 is 4.33 Å². The molecule has 0 bridgehead atoms. The lowest BCUT2D eigenvalue weighted by Crippen LogP contribution is -2.28. The Labute approximate surface area is 112 Å². The normalized spacial score (nSPS) is 19.1. The number of hydrogen-bond acceptors (Lipinski definition) is 3. The summed E-state index contributed by atoms with van der Waals surface area (Å²) in [5, 5.41) is 0. The fourth-order valence-electron chi connectivity index (χ4n) is 0.992. The van der Waals surface area contributed by atoms with E-state index in [1.165, 1.54) is 11.3 Å². The summed E-state index contributed by atoms with van der Waals surface area (Å²) in [4.78, 5) is 0. The molecule has 1 aliphatic heterocycles. The van der Waals surface area contributed by atoms with E-state index >= 15 is 0 Å². The number of rotatable bonds is 0. The molecule has 0 N–H and O–H groups in total. The second kappa shape index (κ2) is 4.01. The summed E-state index contributed by atoms with van der Waals surface area (Å²) in [5.41, 5.74) is 0. The van der Waals surface area contributed by atoms with Crippen molar-refractivity contribution in [3.63, 3.8) is 0 Å². The minimum Gasteiger partial charge on any atom is -0.484 e. The zero-order chi connectivity index (χ0) is 10.3. The Morgan fingerprint density at radius 2 is 1.50 bits per heavy atom. The average Bonchev–Trinajstić information content (AvgIpc) is 2.26. The summed E-state index contributed by atoms with van der Waals surface area (Å²) in [6.07, 6.45) is 0. The van der Waals surface area contributed by atoms with Gasteiger partial charge in [-0.2, -0.15) is 0 Å². The summed E-state index contributed by atoms with van der Waals surface area (Å²) in [7, 11) is 0. The Balaban J connectivity index is 2.35. The van der Waals surface area contributed by atoms with Gasteiger partial charge in [0, 0.05) is 0 Å². The fourth-order valence-corrected chi connectivity index (χ4v) is 4.07. The van der Waals surface area contributed by atoms with Gasteiger partial charge in [-0.15, -0.1) is 11.3 Å². The van der Waals surface area contributed by atoms with Crippen molar-refractivity contribution in [2.75, 3.05) is 13.2 Å². The van der Waals surface area contributed by atoms with Crippen molar-refractivity contribution in [1.82, 2.24) is 0 Å². The molecule has 0 radical (unpaired) electrons. The van der Waals surface area contributed by atoms with E-state index in [0.717, 1.165) is 7.57 Å². The summed E-state index contributed by atoms with van der Waals surface area (Å²) in [6.45, 7) is 0.426. The Bertz CT molecular complexity index is 336. The van der Waals surface area contributed by atoms with Crippen LogP contribution in [0.4, 0.5) is 0 Å². The molecular weight excluding hydrogens is 379 g/mol. The van der Waals surface area contributed by atoms with Gasteiger partial charge in [0.1, 0.15) is 20.8 Å². The summed E-state index contributed by atoms with van der Waals surface area (Å²) in [5.74, 6) is 1.31. The molecule has 1 aliphatic rings. The van der Waals surface area contributed by atoms with Crippen LogP contribution in [0.3, 0.4) is 0 Å². The smallest absolute Gasteiger partial charge is 0.187 e. The maximum Gasteiger partial charge on any atom is 0.187 e. The van der Waals surface area contributed by atoms with Crippen molar-refractivity contribution in [2.24, 2.45) is 0 Å². The van der Waals surface area contributed by atoms with Gasteiger partial charge in [-0.3, -0.25) is 0 Å². The number of hydrogen-bond donors (Lipinski definition) is 0. The van der Waals surface area contributed by atoms with Gasteiger partial charge in [0.05, 0.1) is 0 Å². The predicted molar refractivity (Wildman–Crippen MR) is 65.1 cm³/mol. The van der Waals surface area contributed by atoms with Crippen LogP contribution in [0.1, 0.15) is 0 Å². The Morgan fingerprint density at radius 3 is 1.93 bits per heavy atom. The first-order valence-electron chi connectivity index (χ1n) is 3.61. The first-order valence-corrected chi connectivity index (χ1v) is 6.77. The van der Waals surface area contributed by atoms with Gasteiger partial charge >= 0.3 is 0 Å². The van der Waals surface area contributed by atoms with Crippen LogP contribution in [0.5, 0.6) is 11.5 Å². The van der Waals surface area contributed by atoms with E-state index in [0.29, 0.717) is 11.5 Å². The molecule has 2 nitrogen and oxygen atoms in total. The fraction of sp³-hybridized carbons (Fsp3) is 0.429. The van der Waals surface area contributed by atoms with Crippen LogP contribution in [0.25, 0.3) is 0 Å². The molecule has 1 aromatic heterocycles. The largest absolute Gasteiger partial charge is 0.484 e. The monoisotopic (exact) mass is 380 g/mol. The van der Waals surface area contributed by atoms with E-state index in [4.69, 9.17) is 32.7 Å². The van der Waals surface area contributed by atoms with Gasteiger partial charge in [0.25, 0.3) is 0 Å². The highest BCUT2D eigenvalue weighted by molar-refractivity contribution is 9.12. The lowest BCUT2D eigenvalue weighted by Gasteiger charge is -2.14. The first kappa shape index (κ1) is 11.3. The minimum absolute atomic E-state index is 0.213. The van der Waals surface area contributed by atoms with Crippen molar-refractivity contribution in [2.45, 2.75) is 4.33 Å². The lowest BCUT2D eigenvalue weighted by molar-refractivity contribution is 0.281. The van der Waals surface area contributed by atoms with Gasteiger partial charge in [-0.05, 0) is 31.9 Å². The van der Waals surface area contributed by atoms with Gasteiger partial charge in [-0.25, -0.2) is 0 Å². The van der Waals surface area contributed by atoms with E-state index in [2.05, 4.69) is 31.9 Å². The Kier molecular flexibility index (Phi) is 3.25. The maximum absolute atomic E-state index is 5.92. The highest BCUT2D eigenvalue weighted by Gasteiger charge is 2.33. The standard InChI is InChI=1S/C7H4Br2Cl2O2S/c8-5-3-4(6(9)14-5)13-2-7(10,11)1-12-3/h1-2H2. The summed E-state index contributed by atoms with van der Waals surface area (Å²) < 4.78 is 11.7. The third kappa shape index (κ3) is 2.16. The molecule has 0 amide bonds. The molecule has 2 heterocycles. The van der Waals surface area contributed by atoms with Crippen LogP contribution in [-0.2, 0) is 0 Å². The third-order valence-electron chi connectivity index (χ3n) is 1.60. The van der Waals surface area contributed by atoms with Gasteiger partial charge in [-0.1, -0.05) is 23.2 Å². The highest BCUT2D eigenvalue weighted by atomic mass is 79.9. The van der Waals surface area contributed by atoms with Crippen molar-refractivity contribution < 1.29 is 9.47 Å². The van der Waals surface area contributed by atoms with Gasteiger partial charge in [0.2, 0.25) is 0 Å². The maximum atomic E-state index is 5.92. The van der Waals surface area contributed by atoms with Crippen LogP contribution < -0.4 is 9.47 Å². The Hall–Kier alpha value is 0.840. The second-order valence-corrected chi connectivity index (χ2v) is 8.04. The lowest BCUT2D eigenvalue weighted by atomic mass is 10.5. The zero-order valence-corrected chi connectivity index (χ0v) is 12.2. The SMILES string of the molecule is ClC1(Cl)COc2c(Br)sc(Br)c2OC1. The highest BCUT2D eigenvalue weighted by Crippen LogP contribution is 2.50. The van der Waals surface area contributed by atoms with Crippen LogP contribution in [0.2, 0.25) is 0 Å². The third-order valence-corrected chi connectivity index (χ3v) is 4.45. The zero-order valence-electron chi connectivity index (χ0n) is 6.65. The quantitative estimate of drug-likeness (QED) is 0.625. The van der Waals surface area contributed by atoms with E-state index in [-0.39, 0.29) is 13.2 Å². The molecule has 0 saturated carbocycles. The topological polar surface area (TPSA) is 18.5 Å². The van der Waals surface area contributed by atoms with Crippen LogP contribution in [-0.4, -0.2) is 17.5 Å². The van der Waals surface area contributed by atoms with Crippen LogP contribution in [0.15, 0.2) is 7.57 Å². The van der Waals surface area contributed by atoms with Crippen LogP contribution in [0, 0.1) is 0 Å². The van der Waals surface area contributed by atoms with Crippen molar-refractivity contribution in [3.8, 4) is 11.5 Å². The summed E-state index contributed by atoms with van der Waals surface area (Å²) in [6, 6.07) is 0. The number of alkyl halides is 2. The molecule has 78 valence electrons. The second-order valence-electron chi connectivity index (χ2n) is 2.74. The van der Waals surface area contributed by atoms with E-state index in [9.17, 15) is 0 Å². The van der Waals surface area contributed by atoms with Crippen molar-refractivity contribution in [3.05, 3.63) is 7.57 Å². The average molecular weight is 383 g/mol. The molecule has 0 aliphatic carbocycles. The summed E-state index contributed by atoms with van der Waals surface area (Å²) >= 11 is 20.1. The van der Waals surface area contributed by atoms with Crippen molar-refractivity contribution in [1.29, 1.82) is 0 Å². The molecule has 0 aromatic carbocycles. The van der Waals surface area contributed by atoms with Crippen molar-refractivity contribution >= 4 is 66.4 Å². The molecule has 14 heavy (non-hydrogen) atoms. The van der Waals surface area contributed by atoms with E-state index in [1.54, 1.807) is 0 Å². The molecule has 0 unspecified atom stereocenters. The number of ether oxygens (including phenoxy) is 2. The first-order chi connectivity index (χ1) is 6.49. The molecule has 0 fully saturated rings. The van der Waals surface area contributed by atoms with E-state index in [1.807, 2.05) is 0 Å². The molecule has 0 atom stereocenters. The van der Waals surface area contributed by atoms with Crippen LogP contribution >= 0.6 is 66.4 Å². The minimum atomic E-state index is -0.991. The molecule has 7 heteroatoms. The number of thiophene rings is 1. The number of fused-ring (bicyclic) bond motifs is 1. The predicted octanol–water partition coefficient (Wildman–Crippen LogP) is 4.22. The molecule has 2 rings (SSSR count). The van der Waals surface area contributed by atoms with Gasteiger partial charge < -0.3 is 9.47 Å².